The highest BCUT2D eigenvalue weighted by molar-refractivity contribution is 5.21. The molecular weight excluding hydrogens is 244 g/mol. The van der Waals surface area contributed by atoms with E-state index in [-0.39, 0.29) is 11.5 Å². The predicted molar refractivity (Wildman–Crippen MR) is 69.9 cm³/mol. The van der Waals surface area contributed by atoms with Crippen molar-refractivity contribution in [1.82, 2.24) is 0 Å². The Kier molecular flexibility index (Phi) is 3.65. The third-order valence-electron chi connectivity index (χ3n) is 4.46. The van der Waals surface area contributed by atoms with E-state index in [2.05, 4.69) is 0 Å². The van der Waals surface area contributed by atoms with Crippen molar-refractivity contribution in [2.45, 2.75) is 44.3 Å². The maximum atomic E-state index is 10.6. The molecule has 1 aromatic rings. The molecule has 2 aliphatic heterocycles. The van der Waals surface area contributed by atoms with Gasteiger partial charge in [-0.3, -0.25) is 0 Å². The van der Waals surface area contributed by atoms with Gasteiger partial charge in [0.2, 0.25) is 0 Å². The van der Waals surface area contributed by atoms with Gasteiger partial charge < -0.3 is 19.0 Å². The highest BCUT2D eigenvalue weighted by Crippen LogP contribution is 2.41. The van der Waals surface area contributed by atoms with Crippen molar-refractivity contribution < 1.29 is 19.0 Å². The molecule has 2 saturated heterocycles. The zero-order valence-corrected chi connectivity index (χ0v) is 11.4. The maximum Gasteiger partial charge on any atom is 0.109 e. The highest BCUT2D eigenvalue weighted by atomic mass is 16.6. The Labute approximate surface area is 113 Å². The van der Waals surface area contributed by atoms with Gasteiger partial charge in [0, 0.05) is 31.6 Å². The SMILES string of the molecule is CCc1occc1C(O)C1CCOC2(CCOC2)C1. The van der Waals surface area contributed by atoms with Gasteiger partial charge in [-0.05, 0) is 24.8 Å². The van der Waals surface area contributed by atoms with Crippen LogP contribution in [-0.4, -0.2) is 30.5 Å². The fourth-order valence-corrected chi connectivity index (χ4v) is 3.35. The summed E-state index contributed by atoms with van der Waals surface area (Å²) < 4.78 is 16.8. The van der Waals surface area contributed by atoms with Crippen LogP contribution < -0.4 is 0 Å². The maximum absolute atomic E-state index is 10.6. The first-order chi connectivity index (χ1) is 9.24. The summed E-state index contributed by atoms with van der Waals surface area (Å²) in [6, 6.07) is 1.90. The third-order valence-corrected chi connectivity index (χ3v) is 4.46. The first kappa shape index (κ1) is 13.2. The van der Waals surface area contributed by atoms with Gasteiger partial charge in [0.25, 0.3) is 0 Å². The fourth-order valence-electron chi connectivity index (χ4n) is 3.35. The molecule has 3 atom stereocenters. The van der Waals surface area contributed by atoms with Gasteiger partial charge in [-0.1, -0.05) is 6.92 Å². The zero-order chi connectivity index (χ0) is 13.3. The molecule has 0 radical (unpaired) electrons. The second-order valence-electron chi connectivity index (χ2n) is 5.68. The average molecular weight is 266 g/mol. The first-order valence-corrected chi connectivity index (χ1v) is 7.20. The van der Waals surface area contributed by atoms with Crippen molar-refractivity contribution in [3.63, 3.8) is 0 Å². The quantitative estimate of drug-likeness (QED) is 0.913. The Morgan fingerprint density at radius 3 is 3.11 bits per heavy atom. The molecule has 106 valence electrons. The molecule has 19 heavy (non-hydrogen) atoms. The minimum Gasteiger partial charge on any atom is -0.469 e. The van der Waals surface area contributed by atoms with Crippen LogP contribution in [0, 0.1) is 5.92 Å². The van der Waals surface area contributed by atoms with Crippen molar-refractivity contribution in [1.29, 1.82) is 0 Å². The average Bonchev–Trinajstić information content (AvgIpc) is 3.07. The van der Waals surface area contributed by atoms with E-state index in [4.69, 9.17) is 13.9 Å². The lowest BCUT2D eigenvalue weighted by atomic mass is 9.80. The van der Waals surface area contributed by atoms with E-state index < -0.39 is 6.10 Å². The summed E-state index contributed by atoms with van der Waals surface area (Å²) in [4.78, 5) is 0. The fraction of sp³-hybridized carbons (Fsp3) is 0.733. The molecule has 3 heterocycles. The van der Waals surface area contributed by atoms with E-state index in [1.807, 2.05) is 13.0 Å². The van der Waals surface area contributed by atoms with Gasteiger partial charge in [-0.2, -0.15) is 0 Å². The molecule has 0 saturated carbocycles. The summed E-state index contributed by atoms with van der Waals surface area (Å²) in [6.07, 6.45) is 4.76. The van der Waals surface area contributed by atoms with Crippen LogP contribution in [0.4, 0.5) is 0 Å². The van der Waals surface area contributed by atoms with Crippen LogP contribution in [0.1, 0.15) is 43.6 Å². The molecule has 0 amide bonds. The summed E-state index contributed by atoms with van der Waals surface area (Å²) >= 11 is 0. The van der Waals surface area contributed by atoms with E-state index in [1.165, 1.54) is 0 Å². The first-order valence-electron chi connectivity index (χ1n) is 7.20. The molecule has 1 N–H and O–H groups in total. The van der Waals surface area contributed by atoms with E-state index in [0.29, 0.717) is 13.2 Å². The topological polar surface area (TPSA) is 51.8 Å². The van der Waals surface area contributed by atoms with Crippen molar-refractivity contribution in [3.8, 4) is 0 Å². The minimum atomic E-state index is -0.449. The smallest absolute Gasteiger partial charge is 0.109 e. The van der Waals surface area contributed by atoms with Crippen molar-refractivity contribution >= 4 is 0 Å². The molecule has 3 rings (SSSR count). The zero-order valence-electron chi connectivity index (χ0n) is 11.4. The summed E-state index contributed by atoms with van der Waals surface area (Å²) in [5.41, 5.74) is 0.795. The van der Waals surface area contributed by atoms with Crippen LogP contribution in [0.2, 0.25) is 0 Å². The van der Waals surface area contributed by atoms with Crippen molar-refractivity contribution in [2.24, 2.45) is 5.92 Å². The normalized spacial score (nSPS) is 32.8. The summed E-state index contributed by atoms with van der Waals surface area (Å²) in [5, 5.41) is 10.6. The van der Waals surface area contributed by atoms with Crippen LogP contribution in [-0.2, 0) is 15.9 Å². The van der Waals surface area contributed by atoms with Crippen molar-refractivity contribution in [2.75, 3.05) is 19.8 Å². The summed E-state index contributed by atoms with van der Waals surface area (Å²) in [5.74, 6) is 1.13. The van der Waals surface area contributed by atoms with Gasteiger partial charge in [0.1, 0.15) is 5.76 Å². The lowest BCUT2D eigenvalue weighted by molar-refractivity contribution is -0.117. The van der Waals surface area contributed by atoms with Crippen LogP contribution in [0.25, 0.3) is 0 Å². The number of aliphatic hydroxyl groups excluding tert-OH is 1. The number of furan rings is 1. The largest absolute Gasteiger partial charge is 0.469 e. The molecular formula is C15H22O4. The Morgan fingerprint density at radius 2 is 2.37 bits per heavy atom. The van der Waals surface area contributed by atoms with E-state index in [1.54, 1.807) is 6.26 Å². The number of aryl methyl sites for hydroxylation is 1. The van der Waals surface area contributed by atoms with Crippen LogP contribution in [0.3, 0.4) is 0 Å². The van der Waals surface area contributed by atoms with E-state index in [0.717, 1.165) is 43.6 Å². The number of ether oxygens (including phenoxy) is 2. The second-order valence-corrected chi connectivity index (χ2v) is 5.68. The monoisotopic (exact) mass is 266 g/mol. The summed E-state index contributed by atoms with van der Waals surface area (Å²) in [7, 11) is 0. The number of aliphatic hydroxyl groups is 1. The molecule has 1 spiro atoms. The van der Waals surface area contributed by atoms with E-state index in [9.17, 15) is 5.11 Å². The molecule has 0 aliphatic carbocycles. The molecule has 4 heteroatoms. The van der Waals surface area contributed by atoms with E-state index >= 15 is 0 Å². The Bertz CT molecular complexity index is 420. The lowest BCUT2D eigenvalue weighted by Gasteiger charge is -2.38. The second kappa shape index (κ2) is 5.27. The molecule has 1 aromatic heterocycles. The van der Waals surface area contributed by atoms with Gasteiger partial charge in [0.05, 0.1) is 24.6 Å². The molecule has 4 nitrogen and oxygen atoms in total. The standard InChI is InChI=1S/C15H22O4/c1-2-13-12(4-6-18-13)14(16)11-3-7-19-15(9-11)5-8-17-10-15/h4,6,11,14,16H,2-3,5,7-10H2,1H3. The van der Waals surface area contributed by atoms with Gasteiger partial charge in [-0.25, -0.2) is 0 Å². The van der Waals surface area contributed by atoms with Crippen LogP contribution in [0.5, 0.6) is 0 Å². The third kappa shape index (κ3) is 2.45. The highest BCUT2D eigenvalue weighted by Gasteiger charge is 2.43. The van der Waals surface area contributed by atoms with Gasteiger partial charge in [0.15, 0.2) is 0 Å². The number of hydrogen-bond donors (Lipinski definition) is 1. The van der Waals surface area contributed by atoms with Gasteiger partial charge >= 0.3 is 0 Å². The Balaban J connectivity index is 1.74. The van der Waals surface area contributed by atoms with Gasteiger partial charge in [-0.15, -0.1) is 0 Å². The molecule has 2 fully saturated rings. The Hall–Kier alpha value is -0.840. The number of rotatable bonds is 3. The Morgan fingerprint density at radius 1 is 1.47 bits per heavy atom. The number of hydrogen-bond acceptors (Lipinski definition) is 4. The molecule has 3 unspecified atom stereocenters. The van der Waals surface area contributed by atoms with Crippen LogP contribution >= 0.6 is 0 Å². The van der Waals surface area contributed by atoms with Crippen LogP contribution in [0.15, 0.2) is 16.7 Å². The molecule has 2 aliphatic rings. The minimum absolute atomic E-state index is 0.153. The molecule has 0 aromatic carbocycles. The summed E-state index contributed by atoms with van der Waals surface area (Å²) in [6.45, 7) is 4.20. The molecule has 0 bridgehead atoms. The van der Waals surface area contributed by atoms with Crippen molar-refractivity contribution in [3.05, 3.63) is 23.7 Å². The lowest BCUT2D eigenvalue weighted by Crippen LogP contribution is -2.41. The predicted octanol–water partition coefficient (Wildman–Crippen LogP) is 2.46.